The third kappa shape index (κ3) is 11.9. The van der Waals surface area contributed by atoms with E-state index in [1.807, 2.05) is 69.9 Å². The lowest BCUT2D eigenvalue weighted by Crippen LogP contribution is -2.60. The normalized spacial score (nSPS) is 18.9. The molecular weight excluding hydrogens is 671 g/mol. The van der Waals surface area contributed by atoms with Crippen LogP contribution in [-0.4, -0.2) is 115 Å². The molecule has 1 aliphatic heterocycles. The van der Waals surface area contributed by atoms with E-state index in [0.717, 1.165) is 24.8 Å². The molecule has 8 atom stereocenters. The average molecular weight is 734 g/mol. The smallest absolute Gasteiger partial charge is 0.328 e. The largest absolute Gasteiger partial charge is 0.467 e. The summed E-state index contributed by atoms with van der Waals surface area (Å²) < 4.78 is 17.1. The first-order chi connectivity index (χ1) is 23.9. The fourth-order valence-electron chi connectivity index (χ4n) is 6.85. The van der Waals surface area contributed by atoms with Gasteiger partial charge in [0.2, 0.25) is 17.7 Å². The summed E-state index contributed by atoms with van der Waals surface area (Å²) in [5.41, 5.74) is 5.84. The fraction of sp³-hybridized carbons (Fsp3) is 0.711. The van der Waals surface area contributed by atoms with Gasteiger partial charge in [0.05, 0.1) is 48.3 Å². The Hall–Kier alpha value is -3.13. The molecule has 0 aromatic heterocycles. The molecule has 13 heteroatoms. The predicted molar refractivity (Wildman–Crippen MR) is 203 cm³/mol. The number of ether oxygens (including phenoxy) is 3. The van der Waals surface area contributed by atoms with Crippen molar-refractivity contribution in [3.63, 3.8) is 0 Å². The summed E-state index contributed by atoms with van der Waals surface area (Å²) in [5.74, 6) is -1.77. The second kappa shape index (κ2) is 20.2. The van der Waals surface area contributed by atoms with E-state index in [-0.39, 0.29) is 42.0 Å². The molecule has 0 radical (unpaired) electrons. The Balaban J connectivity index is 2.27. The van der Waals surface area contributed by atoms with Crippen molar-refractivity contribution in [2.24, 2.45) is 23.5 Å². The van der Waals surface area contributed by atoms with E-state index in [1.165, 1.54) is 7.11 Å². The number of hydrogen-bond donors (Lipinski definition) is 3. The number of nitrogens with zero attached hydrogens (tertiary/aromatic N) is 2. The Morgan fingerprint density at radius 2 is 1.67 bits per heavy atom. The number of carbonyl (C=O) groups excluding carboxylic acids is 4. The third-order valence-corrected chi connectivity index (χ3v) is 10.6. The van der Waals surface area contributed by atoms with Gasteiger partial charge in [-0.2, -0.15) is 0 Å². The van der Waals surface area contributed by atoms with E-state index in [0.29, 0.717) is 18.0 Å². The summed E-state index contributed by atoms with van der Waals surface area (Å²) in [7, 11) is 6.23. The first kappa shape index (κ1) is 44.0. The fourth-order valence-corrected chi connectivity index (χ4v) is 7.13. The van der Waals surface area contributed by atoms with Crippen LogP contribution in [0.25, 0.3) is 0 Å². The molecule has 2 rings (SSSR count). The van der Waals surface area contributed by atoms with Crippen molar-refractivity contribution in [1.29, 1.82) is 0 Å². The number of nitrogens with two attached hydrogens (primary N) is 1. The molecule has 7 unspecified atom stereocenters. The van der Waals surface area contributed by atoms with Crippen LogP contribution in [-0.2, 0) is 39.8 Å². The summed E-state index contributed by atoms with van der Waals surface area (Å²) >= 11 is 5.83. The van der Waals surface area contributed by atoms with Gasteiger partial charge in [-0.15, -0.1) is 0 Å². The van der Waals surface area contributed by atoms with Crippen LogP contribution in [0, 0.1) is 17.8 Å². The van der Waals surface area contributed by atoms with E-state index in [9.17, 15) is 19.2 Å². The zero-order valence-electron chi connectivity index (χ0n) is 32.6. The molecule has 0 saturated carbocycles. The predicted octanol–water partition coefficient (Wildman–Crippen LogP) is 3.49. The minimum atomic E-state index is -1.15. The summed E-state index contributed by atoms with van der Waals surface area (Å²) in [6.45, 7) is 13.5. The van der Waals surface area contributed by atoms with E-state index in [1.54, 1.807) is 40.0 Å². The van der Waals surface area contributed by atoms with Crippen LogP contribution < -0.4 is 16.4 Å². The second-order valence-corrected chi connectivity index (χ2v) is 15.2. The number of hydrogen-bond acceptors (Lipinski definition) is 9. The number of nitrogens with one attached hydrogen (secondary N) is 2. The van der Waals surface area contributed by atoms with Crippen LogP contribution in [0.1, 0.15) is 79.7 Å². The van der Waals surface area contributed by atoms with Gasteiger partial charge in [-0.3, -0.25) is 14.4 Å². The Morgan fingerprint density at radius 3 is 2.18 bits per heavy atom. The van der Waals surface area contributed by atoms with Crippen molar-refractivity contribution in [1.82, 2.24) is 20.4 Å². The number of amides is 3. The number of esters is 1. The lowest BCUT2D eigenvalue weighted by molar-refractivity contribution is -0.147. The number of thiocarbonyl (C=S) groups is 1. The molecule has 1 aromatic carbocycles. The van der Waals surface area contributed by atoms with Gasteiger partial charge in [-0.25, -0.2) is 4.79 Å². The molecule has 1 saturated heterocycles. The van der Waals surface area contributed by atoms with Crippen molar-refractivity contribution in [3.05, 3.63) is 35.9 Å². The van der Waals surface area contributed by atoms with Crippen LogP contribution in [0.2, 0.25) is 0 Å². The number of benzene rings is 1. The van der Waals surface area contributed by atoms with E-state index in [2.05, 4.69) is 10.6 Å². The van der Waals surface area contributed by atoms with Crippen molar-refractivity contribution in [2.75, 3.05) is 34.9 Å². The highest BCUT2D eigenvalue weighted by atomic mass is 32.1. The highest BCUT2D eigenvalue weighted by Gasteiger charge is 2.43. The molecule has 0 spiro atoms. The van der Waals surface area contributed by atoms with Gasteiger partial charge in [0.1, 0.15) is 12.1 Å². The number of carbonyl (C=O) groups is 4. The standard InChI is InChI=1S/C38H63N5O7S/c1-12-24(4)32(42(8)35(45)31(23(2)3)41-37(47)38(6,7)39)29(48-9)22-30(44)43-20-16-19-28(43)33(49-10)25(5)34(51)40-27(36(46)50-11)21-26-17-14-13-15-18-26/h13-15,17-18,23-25,27-29,31-33H,12,16,19-22,39H2,1-11H3,(H,40,51)(H,41,47)/t24?,25?,27?,28-,29?,31?,32?,33?/m0/s1. The molecule has 1 aromatic rings. The molecule has 1 heterocycles. The molecule has 0 bridgehead atoms. The van der Waals surface area contributed by atoms with Gasteiger partial charge in [0.25, 0.3) is 0 Å². The van der Waals surface area contributed by atoms with Gasteiger partial charge in [-0.1, -0.05) is 83.6 Å². The monoisotopic (exact) mass is 733 g/mol. The first-order valence-electron chi connectivity index (χ1n) is 18.1. The minimum Gasteiger partial charge on any atom is -0.467 e. The Labute approximate surface area is 310 Å². The van der Waals surface area contributed by atoms with Crippen LogP contribution in [0.5, 0.6) is 0 Å². The second-order valence-electron chi connectivity index (χ2n) is 14.8. The topological polar surface area (TPSA) is 153 Å². The highest BCUT2D eigenvalue weighted by molar-refractivity contribution is 7.80. The SMILES string of the molecule is CCC(C)C(C(CC(=O)N1CCC[C@H]1C(OC)C(C)C(=S)NC(Cc1ccccc1)C(=O)OC)OC)N(C)C(=O)C(NC(=O)C(C)(C)N)C(C)C. The van der Waals surface area contributed by atoms with Gasteiger partial charge in [-0.05, 0) is 44.1 Å². The maximum Gasteiger partial charge on any atom is 0.328 e. The zero-order chi connectivity index (χ0) is 38.6. The summed E-state index contributed by atoms with van der Waals surface area (Å²) in [6, 6.07) is 7.44. The highest BCUT2D eigenvalue weighted by Crippen LogP contribution is 2.30. The van der Waals surface area contributed by atoms with E-state index in [4.69, 9.17) is 32.2 Å². The molecule has 1 fully saturated rings. The maximum atomic E-state index is 14.2. The zero-order valence-corrected chi connectivity index (χ0v) is 33.4. The van der Waals surface area contributed by atoms with Gasteiger partial charge in [0.15, 0.2) is 0 Å². The first-order valence-corrected chi connectivity index (χ1v) is 18.5. The molecular formula is C38H63N5O7S. The number of likely N-dealkylation sites (tertiary alicyclic amines) is 1. The lowest BCUT2D eigenvalue weighted by atomic mass is 9.89. The van der Waals surface area contributed by atoms with E-state index < -0.39 is 47.7 Å². The molecule has 288 valence electrons. The third-order valence-electron chi connectivity index (χ3n) is 10.1. The van der Waals surface area contributed by atoms with Crippen LogP contribution in [0.4, 0.5) is 0 Å². The van der Waals surface area contributed by atoms with Crippen molar-refractivity contribution >= 4 is 40.9 Å². The van der Waals surface area contributed by atoms with Crippen LogP contribution in [0.3, 0.4) is 0 Å². The minimum absolute atomic E-state index is 0.0191. The Bertz CT molecular complexity index is 1310. The summed E-state index contributed by atoms with van der Waals surface area (Å²) in [4.78, 5) is 57.6. The molecule has 51 heavy (non-hydrogen) atoms. The Morgan fingerprint density at radius 1 is 1.04 bits per heavy atom. The van der Waals surface area contributed by atoms with Crippen molar-refractivity contribution in [3.8, 4) is 0 Å². The quantitative estimate of drug-likeness (QED) is 0.142. The molecule has 12 nitrogen and oxygen atoms in total. The molecule has 1 aliphatic rings. The number of likely N-dealkylation sites (N-methyl/N-ethyl adjacent to an activating group) is 1. The molecule has 4 N–H and O–H groups in total. The van der Waals surface area contributed by atoms with Crippen LogP contribution in [0.15, 0.2) is 30.3 Å². The Kier molecular flexibility index (Phi) is 17.4. The van der Waals surface area contributed by atoms with Gasteiger partial charge in [0, 0.05) is 40.2 Å². The van der Waals surface area contributed by atoms with Crippen molar-refractivity contribution in [2.45, 2.75) is 122 Å². The molecule has 3 amide bonds. The van der Waals surface area contributed by atoms with Gasteiger partial charge < -0.3 is 40.4 Å². The number of rotatable bonds is 19. The summed E-state index contributed by atoms with van der Waals surface area (Å²) in [6.07, 6.45) is 1.64. The average Bonchev–Trinajstić information content (AvgIpc) is 3.58. The summed E-state index contributed by atoms with van der Waals surface area (Å²) in [5, 5.41) is 6.06. The number of methoxy groups -OCH3 is 3. The van der Waals surface area contributed by atoms with E-state index >= 15 is 0 Å². The maximum absolute atomic E-state index is 14.2. The van der Waals surface area contributed by atoms with Gasteiger partial charge >= 0.3 is 5.97 Å². The van der Waals surface area contributed by atoms with Crippen LogP contribution >= 0.6 is 12.2 Å². The van der Waals surface area contributed by atoms with Crippen molar-refractivity contribution < 1.29 is 33.4 Å². The molecule has 0 aliphatic carbocycles. The lowest BCUT2D eigenvalue weighted by Gasteiger charge is -2.41.